The van der Waals surface area contributed by atoms with Crippen molar-refractivity contribution in [2.45, 2.75) is 19.8 Å². The molecular weight excluding hydrogens is 327 g/mol. The third kappa shape index (κ3) is 6.64. The molecule has 0 saturated carbocycles. The van der Waals surface area contributed by atoms with Crippen molar-refractivity contribution in [2.24, 2.45) is 0 Å². The van der Waals surface area contributed by atoms with Gasteiger partial charge in [-0.3, -0.25) is 14.5 Å². The predicted octanol–water partition coefficient (Wildman–Crippen LogP) is 2.45. The van der Waals surface area contributed by atoms with Crippen LogP contribution in [0.3, 0.4) is 0 Å². The summed E-state index contributed by atoms with van der Waals surface area (Å²) in [7, 11) is 0. The number of amides is 1. The minimum Gasteiger partial charge on any atom is -0.480 e. The highest BCUT2D eigenvalue weighted by atomic mass is 35.5. The molecule has 0 aliphatic rings. The minimum absolute atomic E-state index is 0.0728. The van der Waals surface area contributed by atoms with E-state index in [1.165, 1.54) is 0 Å². The molecule has 0 radical (unpaired) electrons. The Kier molecular flexibility index (Phi) is 8.24. The Morgan fingerprint density at radius 3 is 2.64 bits per heavy atom. The molecular formula is C15H20Cl2N2O3. The van der Waals surface area contributed by atoms with Crippen LogP contribution in [0.4, 0.5) is 0 Å². The number of nitrogens with one attached hydrogen (secondary N) is 1. The summed E-state index contributed by atoms with van der Waals surface area (Å²) in [5.74, 6) is -1.14. The number of carboxylic acids is 1. The Morgan fingerprint density at radius 1 is 1.27 bits per heavy atom. The average molecular weight is 347 g/mol. The molecule has 0 bridgehead atoms. The van der Waals surface area contributed by atoms with Crippen molar-refractivity contribution in [3.05, 3.63) is 33.8 Å². The largest absolute Gasteiger partial charge is 0.480 e. The van der Waals surface area contributed by atoms with Crippen molar-refractivity contribution in [3.8, 4) is 0 Å². The Labute approximate surface area is 140 Å². The molecule has 5 nitrogen and oxygen atoms in total. The predicted molar refractivity (Wildman–Crippen MR) is 87.5 cm³/mol. The second-order valence-corrected chi connectivity index (χ2v) is 5.70. The molecule has 7 heteroatoms. The monoisotopic (exact) mass is 346 g/mol. The third-order valence-corrected chi connectivity index (χ3v) is 3.87. The van der Waals surface area contributed by atoms with E-state index in [0.717, 1.165) is 12.0 Å². The summed E-state index contributed by atoms with van der Waals surface area (Å²) in [6.07, 6.45) is 1.36. The second-order valence-electron chi connectivity index (χ2n) is 4.92. The van der Waals surface area contributed by atoms with Gasteiger partial charge in [0.15, 0.2) is 0 Å². The lowest BCUT2D eigenvalue weighted by atomic mass is 10.1. The number of carboxylic acid groups (broad SMARTS) is 1. The number of halogens is 2. The van der Waals surface area contributed by atoms with Gasteiger partial charge in [-0.2, -0.15) is 0 Å². The molecule has 2 N–H and O–H groups in total. The first-order valence-corrected chi connectivity index (χ1v) is 7.83. The van der Waals surface area contributed by atoms with Crippen LogP contribution >= 0.6 is 23.2 Å². The van der Waals surface area contributed by atoms with E-state index < -0.39 is 5.97 Å². The van der Waals surface area contributed by atoms with E-state index in [9.17, 15) is 9.59 Å². The molecule has 0 aliphatic heterocycles. The highest BCUT2D eigenvalue weighted by Crippen LogP contribution is 2.25. The van der Waals surface area contributed by atoms with Gasteiger partial charge in [-0.05, 0) is 31.0 Å². The van der Waals surface area contributed by atoms with E-state index in [2.05, 4.69) is 5.32 Å². The fraction of sp³-hybridized carbons (Fsp3) is 0.467. The Morgan fingerprint density at radius 2 is 2.00 bits per heavy atom. The molecule has 1 amide bonds. The van der Waals surface area contributed by atoms with Crippen LogP contribution in [0.15, 0.2) is 18.2 Å². The van der Waals surface area contributed by atoms with Crippen LogP contribution in [-0.2, 0) is 16.0 Å². The number of carbonyl (C=O) groups is 2. The molecule has 0 unspecified atom stereocenters. The van der Waals surface area contributed by atoms with Gasteiger partial charge in [0.1, 0.15) is 0 Å². The van der Waals surface area contributed by atoms with Crippen LogP contribution < -0.4 is 5.32 Å². The summed E-state index contributed by atoms with van der Waals surface area (Å²) >= 11 is 12.0. The van der Waals surface area contributed by atoms with Crippen molar-refractivity contribution in [1.29, 1.82) is 0 Å². The van der Waals surface area contributed by atoms with Gasteiger partial charge in [0, 0.05) is 6.54 Å². The lowest BCUT2D eigenvalue weighted by Gasteiger charge is -2.18. The number of rotatable bonds is 9. The van der Waals surface area contributed by atoms with Crippen LogP contribution in [0.25, 0.3) is 0 Å². The molecule has 0 spiro atoms. The number of carbonyl (C=O) groups excluding carboxylic acids is 1. The number of nitrogens with zero attached hydrogens (tertiary/aromatic N) is 1. The number of benzene rings is 1. The second kappa shape index (κ2) is 9.66. The average Bonchev–Trinajstić information content (AvgIpc) is 2.43. The van der Waals surface area contributed by atoms with Gasteiger partial charge in [0.05, 0.1) is 23.1 Å². The molecule has 0 atom stereocenters. The number of hydrogen-bond donors (Lipinski definition) is 2. The van der Waals surface area contributed by atoms with E-state index in [-0.39, 0.29) is 19.0 Å². The lowest BCUT2D eigenvalue weighted by Crippen LogP contribution is -2.40. The summed E-state index contributed by atoms with van der Waals surface area (Å²) in [5, 5.41) is 12.6. The molecule has 0 saturated heterocycles. The van der Waals surface area contributed by atoms with Crippen molar-refractivity contribution >= 4 is 35.1 Å². The maximum absolute atomic E-state index is 11.8. The summed E-state index contributed by atoms with van der Waals surface area (Å²) in [6, 6.07) is 5.37. The van der Waals surface area contributed by atoms with E-state index in [1.54, 1.807) is 17.0 Å². The topological polar surface area (TPSA) is 69.6 Å². The molecule has 0 aliphatic carbocycles. The van der Waals surface area contributed by atoms with Gasteiger partial charge in [0.25, 0.3) is 0 Å². The minimum atomic E-state index is -0.938. The van der Waals surface area contributed by atoms with Gasteiger partial charge >= 0.3 is 5.97 Å². The van der Waals surface area contributed by atoms with E-state index in [1.807, 2.05) is 13.0 Å². The molecule has 0 fully saturated rings. The molecule has 0 aromatic heterocycles. The van der Waals surface area contributed by atoms with Crippen molar-refractivity contribution in [1.82, 2.24) is 10.2 Å². The van der Waals surface area contributed by atoms with Crippen LogP contribution in [0.1, 0.15) is 18.9 Å². The van der Waals surface area contributed by atoms with Crippen LogP contribution in [0.2, 0.25) is 10.0 Å². The first kappa shape index (κ1) is 18.7. The van der Waals surface area contributed by atoms with Gasteiger partial charge in [0.2, 0.25) is 5.91 Å². The highest BCUT2D eigenvalue weighted by molar-refractivity contribution is 6.42. The first-order chi connectivity index (χ1) is 10.4. The molecule has 0 heterocycles. The summed E-state index contributed by atoms with van der Waals surface area (Å²) in [4.78, 5) is 24.2. The maximum atomic E-state index is 11.8. The van der Waals surface area contributed by atoms with Crippen molar-refractivity contribution in [3.63, 3.8) is 0 Å². The zero-order valence-electron chi connectivity index (χ0n) is 12.4. The quantitative estimate of drug-likeness (QED) is 0.720. The van der Waals surface area contributed by atoms with Crippen molar-refractivity contribution in [2.75, 3.05) is 26.2 Å². The van der Waals surface area contributed by atoms with Crippen molar-refractivity contribution < 1.29 is 14.7 Å². The highest BCUT2D eigenvalue weighted by Gasteiger charge is 2.13. The molecule has 1 rings (SSSR count). The first-order valence-electron chi connectivity index (χ1n) is 7.07. The van der Waals surface area contributed by atoms with Gasteiger partial charge in [-0.15, -0.1) is 0 Å². The summed E-state index contributed by atoms with van der Waals surface area (Å²) in [5.41, 5.74) is 0.866. The fourth-order valence-corrected chi connectivity index (χ4v) is 2.47. The third-order valence-electron chi connectivity index (χ3n) is 3.01. The van der Waals surface area contributed by atoms with E-state index >= 15 is 0 Å². The van der Waals surface area contributed by atoms with Crippen LogP contribution in [0, 0.1) is 0 Å². The maximum Gasteiger partial charge on any atom is 0.317 e. The molecule has 1 aromatic rings. The van der Waals surface area contributed by atoms with E-state index in [4.69, 9.17) is 28.3 Å². The molecule has 22 heavy (non-hydrogen) atoms. The van der Waals surface area contributed by atoms with Gasteiger partial charge < -0.3 is 10.4 Å². The smallest absolute Gasteiger partial charge is 0.317 e. The lowest BCUT2D eigenvalue weighted by molar-refractivity contribution is -0.138. The van der Waals surface area contributed by atoms with Crippen LogP contribution in [0.5, 0.6) is 0 Å². The Hall–Kier alpha value is -1.30. The molecule has 122 valence electrons. The Balaban J connectivity index is 2.41. The molecule has 1 aromatic carbocycles. The van der Waals surface area contributed by atoms with Gasteiger partial charge in [-0.25, -0.2) is 0 Å². The summed E-state index contributed by atoms with van der Waals surface area (Å²) in [6.45, 7) is 2.87. The summed E-state index contributed by atoms with van der Waals surface area (Å²) < 4.78 is 0. The normalized spacial score (nSPS) is 10.7. The standard InChI is InChI=1S/C15H20Cl2N2O3/c1-2-8-19(10-14(21)22)9-13(20)18-7-6-11-4-3-5-12(16)15(11)17/h3-5H,2,6-10H2,1H3,(H,18,20)(H,21,22). The number of aliphatic carboxylic acids is 1. The SMILES string of the molecule is CCCN(CC(=O)O)CC(=O)NCCc1cccc(Cl)c1Cl. The van der Waals surface area contributed by atoms with Crippen LogP contribution in [-0.4, -0.2) is 48.1 Å². The zero-order chi connectivity index (χ0) is 16.5. The Bertz CT molecular complexity index is 524. The van der Waals surface area contributed by atoms with Gasteiger partial charge in [-0.1, -0.05) is 42.3 Å². The zero-order valence-corrected chi connectivity index (χ0v) is 14.0. The number of hydrogen-bond acceptors (Lipinski definition) is 3. The van der Waals surface area contributed by atoms with E-state index in [0.29, 0.717) is 29.6 Å². The fourth-order valence-electron chi connectivity index (χ4n) is 2.06.